The quantitative estimate of drug-likeness (QED) is 0.794. The molecule has 0 bridgehead atoms. The Morgan fingerprint density at radius 2 is 1.73 bits per heavy atom. The Morgan fingerprint density at radius 1 is 1.13 bits per heavy atom. The first kappa shape index (κ1) is 10.4. The van der Waals surface area contributed by atoms with Crippen molar-refractivity contribution < 1.29 is 4.52 Å². The lowest BCUT2D eigenvalue weighted by Crippen LogP contribution is -1.88. The van der Waals surface area contributed by atoms with E-state index in [1.165, 1.54) is 0 Å². The van der Waals surface area contributed by atoms with Gasteiger partial charge in [-0.05, 0) is 44.0 Å². The molecule has 1 aromatic carbocycles. The van der Waals surface area contributed by atoms with Crippen molar-refractivity contribution in [2.24, 2.45) is 0 Å². The molecule has 1 aromatic heterocycles. The molecule has 0 spiro atoms. The van der Waals surface area contributed by atoms with E-state index in [4.69, 9.17) is 4.52 Å². The molecule has 0 fully saturated rings. The van der Waals surface area contributed by atoms with Gasteiger partial charge in [0.15, 0.2) is 5.82 Å². The van der Waals surface area contributed by atoms with Gasteiger partial charge in [-0.25, -0.2) is 0 Å². The van der Waals surface area contributed by atoms with Crippen LogP contribution in [-0.2, 0) is 0 Å². The van der Waals surface area contributed by atoms with Gasteiger partial charge in [0.25, 0.3) is 5.89 Å². The van der Waals surface area contributed by atoms with Gasteiger partial charge in [-0.3, -0.25) is 0 Å². The van der Waals surface area contributed by atoms with Crippen molar-refractivity contribution in [3.8, 4) is 11.5 Å². The van der Waals surface area contributed by atoms with E-state index in [2.05, 4.69) is 26.1 Å². The van der Waals surface area contributed by atoms with Crippen LogP contribution in [0.1, 0.15) is 17.0 Å². The van der Waals surface area contributed by atoms with Crippen molar-refractivity contribution in [1.29, 1.82) is 0 Å². The third-order valence-corrected chi connectivity index (χ3v) is 2.70. The summed E-state index contributed by atoms with van der Waals surface area (Å²) in [7, 11) is 0. The molecular formula is C11H11BrN2O. The van der Waals surface area contributed by atoms with E-state index in [0.717, 1.165) is 21.2 Å². The van der Waals surface area contributed by atoms with Crippen LogP contribution in [0, 0.1) is 20.8 Å². The largest absolute Gasteiger partial charge is 0.334 e. The lowest BCUT2D eigenvalue weighted by atomic mass is 10.0. The average Bonchev–Trinajstić information content (AvgIpc) is 2.49. The van der Waals surface area contributed by atoms with Crippen LogP contribution < -0.4 is 0 Å². The lowest BCUT2D eigenvalue weighted by molar-refractivity contribution is 0.425. The maximum atomic E-state index is 5.18. The Balaban J connectivity index is 2.62. The molecule has 1 heterocycles. The maximum Gasteiger partial charge on any atom is 0.258 e. The van der Waals surface area contributed by atoms with Gasteiger partial charge in [0, 0.05) is 10.0 Å². The highest BCUT2D eigenvalue weighted by Gasteiger charge is 2.12. The minimum atomic E-state index is 0.593. The van der Waals surface area contributed by atoms with E-state index in [-0.39, 0.29) is 0 Å². The topological polar surface area (TPSA) is 38.9 Å². The number of hydrogen-bond acceptors (Lipinski definition) is 3. The highest BCUT2D eigenvalue weighted by Crippen LogP contribution is 2.28. The van der Waals surface area contributed by atoms with Crippen LogP contribution in [0.3, 0.4) is 0 Å². The Bertz CT molecular complexity index is 482. The lowest BCUT2D eigenvalue weighted by Gasteiger charge is -2.05. The van der Waals surface area contributed by atoms with Crippen molar-refractivity contribution in [3.63, 3.8) is 0 Å². The summed E-state index contributed by atoms with van der Waals surface area (Å²) in [5, 5.41) is 3.80. The van der Waals surface area contributed by atoms with Gasteiger partial charge >= 0.3 is 0 Å². The SMILES string of the molecule is Cc1noc(-c2c(C)cc(Br)cc2C)n1. The van der Waals surface area contributed by atoms with Gasteiger partial charge in [0.2, 0.25) is 0 Å². The first-order valence-corrected chi connectivity index (χ1v) is 5.44. The summed E-state index contributed by atoms with van der Waals surface area (Å²) < 4.78 is 6.24. The fourth-order valence-corrected chi connectivity index (χ4v) is 2.33. The average molecular weight is 267 g/mol. The summed E-state index contributed by atoms with van der Waals surface area (Å²) in [6.45, 7) is 5.88. The van der Waals surface area contributed by atoms with Crippen molar-refractivity contribution in [2.75, 3.05) is 0 Å². The number of nitrogens with zero attached hydrogens (tertiary/aromatic N) is 2. The van der Waals surface area contributed by atoms with Crippen molar-refractivity contribution >= 4 is 15.9 Å². The molecule has 0 aliphatic heterocycles. The third-order valence-electron chi connectivity index (χ3n) is 2.24. The number of halogens is 1. The van der Waals surface area contributed by atoms with Crippen LogP contribution >= 0.6 is 15.9 Å². The second-order valence-electron chi connectivity index (χ2n) is 3.56. The van der Waals surface area contributed by atoms with Crippen molar-refractivity contribution in [2.45, 2.75) is 20.8 Å². The molecule has 0 aliphatic carbocycles. The molecule has 0 radical (unpaired) electrons. The van der Waals surface area contributed by atoms with E-state index in [0.29, 0.717) is 11.7 Å². The number of benzene rings is 1. The molecule has 15 heavy (non-hydrogen) atoms. The molecule has 0 aliphatic rings. The smallest absolute Gasteiger partial charge is 0.258 e. The minimum absolute atomic E-state index is 0.593. The van der Waals surface area contributed by atoms with E-state index in [1.807, 2.05) is 32.9 Å². The molecular weight excluding hydrogens is 256 g/mol. The van der Waals surface area contributed by atoms with Gasteiger partial charge in [0.1, 0.15) is 0 Å². The number of aryl methyl sites for hydroxylation is 3. The molecule has 0 unspecified atom stereocenters. The molecule has 0 amide bonds. The summed E-state index contributed by atoms with van der Waals surface area (Å²) in [5.74, 6) is 1.25. The molecule has 78 valence electrons. The van der Waals surface area contributed by atoms with Gasteiger partial charge in [-0.2, -0.15) is 4.98 Å². The molecule has 3 nitrogen and oxygen atoms in total. The number of hydrogen-bond donors (Lipinski definition) is 0. The Hall–Kier alpha value is -1.16. The second kappa shape index (κ2) is 3.77. The first-order valence-electron chi connectivity index (χ1n) is 4.65. The molecule has 0 saturated carbocycles. The first-order chi connectivity index (χ1) is 7.08. The zero-order valence-electron chi connectivity index (χ0n) is 8.84. The Morgan fingerprint density at radius 3 is 2.20 bits per heavy atom. The highest BCUT2D eigenvalue weighted by atomic mass is 79.9. The predicted octanol–water partition coefficient (Wildman–Crippen LogP) is 3.42. The van der Waals surface area contributed by atoms with E-state index >= 15 is 0 Å². The molecule has 0 saturated heterocycles. The summed E-state index contributed by atoms with van der Waals surface area (Å²) in [4.78, 5) is 4.24. The Kier molecular flexibility index (Phi) is 2.61. The maximum absolute atomic E-state index is 5.18. The molecule has 4 heteroatoms. The van der Waals surface area contributed by atoms with Gasteiger partial charge in [-0.15, -0.1) is 0 Å². The van der Waals surface area contributed by atoms with Gasteiger partial charge in [0.05, 0.1) is 0 Å². The van der Waals surface area contributed by atoms with Crippen LogP contribution in [0.2, 0.25) is 0 Å². The molecule has 2 aromatic rings. The summed E-state index contributed by atoms with van der Waals surface area (Å²) in [5.41, 5.74) is 3.29. The van der Waals surface area contributed by atoms with Crippen LogP contribution in [0.15, 0.2) is 21.1 Å². The van der Waals surface area contributed by atoms with Crippen LogP contribution in [0.5, 0.6) is 0 Å². The standard InChI is InChI=1S/C11H11BrN2O/c1-6-4-9(12)5-7(2)10(6)11-13-8(3)14-15-11/h4-5H,1-3H3. The zero-order chi connectivity index (χ0) is 11.0. The van der Waals surface area contributed by atoms with Crippen molar-refractivity contribution in [1.82, 2.24) is 10.1 Å². The normalized spacial score (nSPS) is 10.7. The van der Waals surface area contributed by atoms with Crippen LogP contribution in [0.4, 0.5) is 0 Å². The monoisotopic (exact) mass is 266 g/mol. The van der Waals surface area contributed by atoms with Crippen molar-refractivity contribution in [3.05, 3.63) is 33.6 Å². The predicted molar refractivity (Wildman–Crippen MR) is 61.6 cm³/mol. The minimum Gasteiger partial charge on any atom is -0.334 e. The number of aromatic nitrogens is 2. The second-order valence-corrected chi connectivity index (χ2v) is 4.48. The summed E-state index contributed by atoms with van der Waals surface area (Å²) >= 11 is 3.46. The van der Waals surface area contributed by atoms with E-state index in [9.17, 15) is 0 Å². The molecule has 2 rings (SSSR count). The highest BCUT2D eigenvalue weighted by molar-refractivity contribution is 9.10. The van der Waals surface area contributed by atoms with E-state index < -0.39 is 0 Å². The zero-order valence-corrected chi connectivity index (χ0v) is 10.4. The molecule has 0 N–H and O–H groups in total. The fourth-order valence-electron chi connectivity index (χ4n) is 1.65. The molecule has 0 atom stereocenters. The summed E-state index contributed by atoms with van der Waals surface area (Å²) in [6.07, 6.45) is 0. The fraction of sp³-hybridized carbons (Fsp3) is 0.273. The van der Waals surface area contributed by atoms with Gasteiger partial charge < -0.3 is 4.52 Å². The van der Waals surface area contributed by atoms with E-state index in [1.54, 1.807) is 0 Å². The van der Waals surface area contributed by atoms with Gasteiger partial charge in [-0.1, -0.05) is 21.1 Å². The Labute approximate surface area is 96.6 Å². The van der Waals surface area contributed by atoms with Crippen LogP contribution in [-0.4, -0.2) is 10.1 Å². The number of rotatable bonds is 1. The summed E-state index contributed by atoms with van der Waals surface area (Å²) in [6, 6.07) is 4.09. The van der Waals surface area contributed by atoms with Crippen LogP contribution in [0.25, 0.3) is 11.5 Å². The third kappa shape index (κ3) is 1.95.